The number of hydrogen-bond acceptors (Lipinski definition) is 4. The van der Waals surface area contributed by atoms with Crippen molar-refractivity contribution >= 4 is 23.5 Å². The number of carbonyl (C=O) groups is 4. The molecule has 1 aliphatic carbocycles. The summed E-state index contributed by atoms with van der Waals surface area (Å²) in [6.07, 6.45) is 6.05. The van der Waals surface area contributed by atoms with Crippen LogP contribution in [0.15, 0.2) is 36.4 Å². The Morgan fingerprint density at radius 1 is 1.18 bits per heavy atom. The summed E-state index contributed by atoms with van der Waals surface area (Å²) in [5, 5.41) is 0. The van der Waals surface area contributed by atoms with Gasteiger partial charge in [-0.15, -0.1) is 0 Å². The van der Waals surface area contributed by atoms with Crippen LogP contribution in [-0.4, -0.2) is 34.4 Å². The van der Waals surface area contributed by atoms with Crippen molar-refractivity contribution in [2.24, 2.45) is 11.7 Å². The third-order valence-electron chi connectivity index (χ3n) is 6.19. The minimum absolute atomic E-state index is 0.0719. The van der Waals surface area contributed by atoms with Gasteiger partial charge < -0.3 is 5.73 Å². The number of nitrogens with zero attached hydrogens (tertiary/aromatic N) is 1. The molecular formula is C22H26N2O4. The fourth-order valence-corrected chi connectivity index (χ4v) is 4.44. The molecule has 1 aromatic carbocycles. The molecule has 0 aromatic heterocycles. The largest absolute Gasteiger partial charge is 0.369 e. The second-order valence-electron chi connectivity index (χ2n) is 7.83. The van der Waals surface area contributed by atoms with Crippen molar-refractivity contribution < 1.29 is 19.2 Å². The molecule has 1 fully saturated rings. The SMILES string of the molecule is CCC(N1C(=O)C=CC1=O)C(C)(C(N)=O)c1ccc(CC2CCCC2=O)cc1. The predicted octanol–water partition coefficient (Wildman–Crippen LogP) is 2.04. The molecule has 0 saturated heterocycles. The van der Waals surface area contributed by atoms with Crippen molar-refractivity contribution in [1.82, 2.24) is 4.90 Å². The highest BCUT2D eigenvalue weighted by Crippen LogP contribution is 2.35. The van der Waals surface area contributed by atoms with E-state index in [9.17, 15) is 19.2 Å². The lowest BCUT2D eigenvalue weighted by Crippen LogP contribution is -2.57. The standard InChI is InChI=1S/C22H26N2O4/c1-3-18(24-19(26)11-12-20(24)27)22(2,21(23)28)16-9-7-14(8-10-16)13-15-5-4-6-17(15)25/h7-12,15,18H,3-6,13H2,1-2H3,(H2,23,28). The molecule has 0 spiro atoms. The second kappa shape index (κ2) is 7.70. The van der Waals surface area contributed by atoms with E-state index in [0.717, 1.165) is 23.3 Å². The fourth-order valence-electron chi connectivity index (χ4n) is 4.44. The van der Waals surface area contributed by atoms with Gasteiger partial charge in [0.25, 0.3) is 11.8 Å². The van der Waals surface area contributed by atoms with Gasteiger partial charge in [-0.2, -0.15) is 0 Å². The van der Waals surface area contributed by atoms with Crippen molar-refractivity contribution in [2.45, 2.75) is 57.4 Å². The lowest BCUT2D eigenvalue weighted by atomic mass is 9.73. The molecule has 1 heterocycles. The number of ketones is 1. The Balaban J connectivity index is 1.90. The monoisotopic (exact) mass is 382 g/mol. The van der Waals surface area contributed by atoms with Gasteiger partial charge >= 0.3 is 0 Å². The number of hydrogen-bond donors (Lipinski definition) is 1. The predicted molar refractivity (Wildman–Crippen MR) is 104 cm³/mol. The average molecular weight is 382 g/mol. The summed E-state index contributed by atoms with van der Waals surface area (Å²) in [7, 11) is 0. The lowest BCUT2D eigenvalue weighted by Gasteiger charge is -2.39. The van der Waals surface area contributed by atoms with E-state index in [0.29, 0.717) is 30.6 Å². The van der Waals surface area contributed by atoms with E-state index in [-0.39, 0.29) is 5.92 Å². The topological polar surface area (TPSA) is 97.5 Å². The summed E-state index contributed by atoms with van der Waals surface area (Å²) >= 11 is 0. The van der Waals surface area contributed by atoms with Gasteiger partial charge in [0.15, 0.2) is 0 Å². The normalized spacial score (nSPS) is 22.6. The van der Waals surface area contributed by atoms with Gasteiger partial charge in [-0.05, 0) is 43.7 Å². The first-order chi connectivity index (χ1) is 13.3. The number of primary amides is 1. The van der Waals surface area contributed by atoms with E-state index in [1.54, 1.807) is 6.92 Å². The number of benzene rings is 1. The molecule has 148 valence electrons. The van der Waals surface area contributed by atoms with Crippen LogP contribution in [0.4, 0.5) is 0 Å². The second-order valence-corrected chi connectivity index (χ2v) is 7.83. The van der Waals surface area contributed by atoms with Crippen LogP contribution < -0.4 is 5.73 Å². The van der Waals surface area contributed by atoms with E-state index >= 15 is 0 Å². The van der Waals surface area contributed by atoms with E-state index < -0.39 is 29.2 Å². The first kappa shape index (κ1) is 20.0. The van der Waals surface area contributed by atoms with Crippen LogP contribution in [0.1, 0.15) is 50.7 Å². The quantitative estimate of drug-likeness (QED) is 0.730. The Hall–Kier alpha value is -2.76. The Labute approximate surface area is 164 Å². The Morgan fingerprint density at radius 2 is 1.79 bits per heavy atom. The van der Waals surface area contributed by atoms with Gasteiger partial charge in [-0.25, -0.2) is 0 Å². The molecule has 3 atom stereocenters. The molecule has 3 unspecified atom stereocenters. The first-order valence-corrected chi connectivity index (χ1v) is 9.76. The Morgan fingerprint density at radius 3 is 2.25 bits per heavy atom. The fraction of sp³-hybridized carbons (Fsp3) is 0.455. The smallest absolute Gasteiger partial charge is 0.253 e. The minimum Gasteiger partial charge on any atom is -0.369 e. The zero-order chi connectivity index (χ0) is 20.5. The third-order valence-corrected chi connectivity index (χ3v) is 6.19. The van der Waals surface area contributed by atoms with E-state index in [2.05, 4.69) is 0 Å². The lowest BCUT2D eigenvalue weighted by molar-refractivity contribution is -0.143. The molecule has 2 N–H and O–H groups in total. The molecule has 0 radical (unpaired) electrons. The maximum atomic E-state index is 12.5. The molecule has 0 bridgehead atoms. The van der Waals surface area contributed by atoms with Crippen molar-refractivity contribution in [3.63, 3.8) is 0 Å². The van der Waals surface area contributed by atoms with Gasteiger partial charge in [0.05, 0.1) is 11.5 Å². The molecule has 3 amide bonds. The average Bonchev–Trinajstić information content (AvgIpc) is 3.22. The van der Waals surface area contributed by atoms with Gasteiger partial charge in [-0.1, -0.05) is 31.2 Å². The van der Waals surface area contributed by atoms with Crippen LogP contribution in [-0.2, 0) is 31.0 Å². The summed E-state index contributed by atoms with van der Waals surface area (Å²) in [5.74, 6) is -1.06. The number of nitrogens with two attached hydrogens (primary N) is 1. The summed E-state index contributed by atoms with van der Waals surface area (Å²) in [6.45, 7) is 3.50. The number of amides is 3. The highest BCUT2D eigenvalue weighted by Gasteiger charge is 2.47. The number of carbonyl (C=O) groups excluding carboxylic acids is 4. The summed E-state index contributed by atoms with van der Waals surface area (Å²) in [4.78, 5) is 49.9. The van der Waals surface area contributed by atoms with Crippen molar-refractivity contribution in [1.29, 1.82) is 0 Å². The summed E-state index contributed by atoms with van der Waals surface area (Å²) < 4.78 is 0. The summed E-state index contributed by atoms with van der Waals surface area (Å²) in [5.41, 5.74) is 6.24. The maximum absolute atomic E-state index is 12.5. The van der Waals surface area contributed by atoms with Crippen LogP contribution in [0, 0.1) is 5.92 Å². The van der Waals surface area contributed by atoms with Crippen molar-refractivity contribution in [2.75, 3.05) is 0 Å². The Kier molecular flexibility index (Phi) is 5.49. The van der Waals surface area contributed by atoms with Crippen LogP contribution >= 0.6 is 0 Å². The van der Waals surface area contributed by atoms with E-state index in [4.69, 9.17) is 5.73 Å². The minimum atomic E-state index is -1.21. The number of imide groups is 1. The third kappa shape index (κ3) is 3.39. The zero-order valence-corrected chi connectivity index (χ0v) is 16.3. The van der Waals surface area contributed by atoms with Gasteiger partial charge in [0, 0.05) is 24.5 Å². The molecule has 3 rings (SSSR count). The van der Waals surface area contributed by atoms with Crippen LogP contribution in [0.2, 0.25) is 0 Å². The first-order valence-electron chi connectivity index (χ1n) is 9.76. The van der Waals surface area contributed by atoms with Crippen molar-refractivity contribution in [3.8, 4) is 0 Å². The summed E-state index contributed by atoms with van der Waals surface area (Å²) in [6, 6.07) is 6.77. The van der Waals surface area contributed by atoms with Gasteiger partial charge in [0.1, 0.15) is 5.78 Å². The highest BCUT2D eigenvalue weighted by molar-refractivity contribution is 6.13. The van der Waals surface area contributed by atoms with Crippen molar-refractivity contribution in [3.05, 3.63) is 47.5 Å². The zero-order valence-electron chi connectivity index (χ0n) is 16.3. The van der Waals surface area contributed by atoms with Gasteiger partial charge in [-0.3, -0.25) is 24.1 Å². The molecule has 1 aliphatic heterocycles. The molecule has 1 saturated carbocycles. The van der Waals surface area contributed by atoms with E-state index in [1.165, 1.54) is 12.2 Å². The van der Waals surface area contributed by atoms with Crippen LogP contribution in [0.25, 0.3) is 0 Å². The highest BCUT2D eigenvalue weighted by atomic mass is 16.2. The maximum Gasteiger partial charge on any atom is 0.253 e. The number of Topliss-reactive ketones (excluding diaryl/α,β-unsaturated/α-hetero) is 1. The molecule has 6 nitrogen and oxygen atoms in total. The Bertz CT molecular complexity index is 825. The molecule has 28 heavy (non-hydrogen) atoms. The molecule has 1 aromatic rings. The number of rotatable bonds is 7. The van der Waals surface area contributed by atoms with Gasteiger partial charge in [0.2, 0.25) is 5.91 Å². The molecular weight excluding hydrogens is 356 g/mol. The van der Waals surface area contributed by atoms with Crippen LogP contribution in [0.5, 0.6) is 0 Å². The van der Waals surface area contributed by atoms with E-state index in [1.807, 2.05) is 31.2 Å². The molecule has 2 aliphatic rings. The molecule has 6 heteroatoms. The van der Waals surface area contributed by atoms with Crippen LogP contribution in [0.3, 0.4) is 0 Å².